The average molecular weight is 520 g/mol. The molecule has 11 heteroatoms. The Kier molecular flexibility index (Phi) is 7.56. The van der Waals surface area contributed by atoms with E-state index in [1.54, 1.807) is 50.2 Å². The molecular weight excluding hydrogens is 484 g/mol. The van der Waals surface area contributed by atoms with E-state index in [-0.39, 0.29) is 24.1 Å². The SMILES string of the molecule is CC(C)(O)COc1cccc(NC(=O)c2ccc([NH2+]S(=O)(=O)CCO)cc2N2CCC3(CC2)CC3)n1. The van der Waals surface area contributed by atoms with Crippen LogP contribution in [0.3, 0.4) is 0 Å². The molecule has 0 unspecified atom stereocenters. The Bertz CT molecular complexity index is 1200. The second kappa shape index (κ2) is 10.3. The number of hydrogen-bond acceptors (Lipinski definition) is 8. The fourth-order valence-corrected chi connectivity index (χ4v) is 5.30. The Balaban J connectivity index is 1.56. The Labute approximate surface area is 211 Å². The topological polar surface area (TPSA) is 146 Å². The molecule has 2 aliphatic rings. The lowest BCUT2D eigenvalue weighted by atomic mass is 9.93. The highest BCUT2D eigenvalue weighted by atomic mass is 32.2. The Morgan fingerprint density at radius 2 is 1.92 bits per heavy atom. The maximum Gasteiger partial charge on any atom is 0.300 e. The maximum absolute atomic E-state index is 13.3. The van der Waals surface area contributed by atoms with Gasteiger partial charge in [0.1, 0.15) is 23.9 Å². The van der Waals surface area contributed by atoms with Crippen molar-refractivity contribution in [1.29, 1.82) is 0 Å². The molecule has 36 heavy (non-hydrogen) atoms. The second-order valence-corrected chi connectivity index (χ2v) is 12.4. The summed E-state index contributed by atoms with van der Waals surface area (Å²) in [4.78, 5) is 19.8. The molecule has 0 atom stereocenters. The van der Waals surface area contributed by atoms with E-state index in [0.717, 1.165) is 30.7 Å². The van der Waals surface area contributed by atoms with Crippen LogP contribution in [0.25, 0.3) is 0 Å². The van der Waals surface area contributed by atoms with E-state index in [9.17, 15) is 18.3 Å². The molecule has 1 spiro atoms. The Morgan fingerprint density at radius 1 is 1.19 bits per heavy atom. The lowest BCUT2D eigenvalue weighted by Gasteiger charge is -2.34. The van der Waals surface area contributed by atoms with Gasteiger partial charge in [-0.05, 0) is 57.1 Å². The number of aliphatic hydroxyl groups excluding tert-OH is 1. The van der Waals surface area contributed by atoms with Crippen LogP contribution in [0.4, 0.5) is 17.2 Å². The standard InChI is InChI=1S/C25H34N4O6S/c1-24(2,32)17-35-22-5-3-4-21(26-22)27-23(31)19-7-6-18(28-36(33,34)15-14-30)16-20(19)29-12-10-25(8-9-25)11-13-29/h3-7,16,28,30,32H,8-15,17H2,1-2H3,(H,26,27,31)/p+1. The van der Waals surface area contributed by atoms with Gasteiger partial charge in [0.15, 0.2) is 0 Å². The number of anilines is 2. The van der Waals surface area contributed by atoms with Crippen molar-refractivity contribution in [2.75, 3.05) is 42.3 Å². The van der Waals surface area contributed by atoms with Crippen LogP contribution >= 0.6 is 0 Å². The molecule has 1 aromatic carbocycles. The van der Waals surface area contributed by atoms with E-state index in [1.165, 1.54) is 12.8 Å². The molecule has 0 radical (unpaired) electrons. The van der Waals surface area contributed by atoms with Crippen molar-refractivity contribution in [3.05, 3.63) is 42.0 Å². The highest BCUT2D eigenvalue weighted by Crippen LogP contribution is 2.54. The quantitative estimate of drug-likeness (QED) is 0.345. The van der Waals surface area contributed by atoms with Crippen molar-refractivity contribution in [2.24, 2.45) is 5.41 Å². The number of carbonyl (C=O) groups excluding carboxylic acids is 1. The zero-order chi connectivity index (χ0) is 26.0. The zero-order valence-electron chi connectivity index (χ0n) is 20.7. The molecule has 1 aromatic heterocycles. The molecule has 1 saturated heterocycles. The molecule has 10 nitrogen and oxygen atoms in total. The predicted octanol–water partition coefficient (Wildman–Crippen LogP) is 1.38. The van der Waals surface area contributed by atoms with Crippen molar-refractivity contribution < 1.29 is 32.9 Å². The second-order valence-electron chi connectivity index (χ2n) is 10.4. The summed E-state index contributed by atoms with van der Waals surface area (Å²) < 4.78 is 31.2. The number of aromatic nitrogens is 1. The van der Waals surface area contributed by atoms with Crippen molar-refractivity contribution in [3.63, 3.8) is 0 Å². The highest BCUT2D eigenvalue weighted by molar-refractivity contribution is 7.84. The Hall–Kier alpha value is -2.73. The van der Waals surface area contributed by atoms with Crippen LogP contribution in [0.2, 0.25) is 0 Å². The van der Waals surface area contributed by atoms with Gasteiger partial charge in [-0.2, -0.15) is 13.4 Å². The van der Waals surface area contributed by atoms with Gasteiger partial charge in [0.05, 0.1) is 23.5 Å². The largest absolute Gasteiger partial charge is 0.475 e. The molecule has 1 aliphatic carbocycles. The third kappa shape index (κ3) is 6.94. The lowest BCUT2D eigenvalue weighted by Crippen LogP contribution is -2.82. The summed E-state index contributed by atoms with van der Waals surface area (Å²) >= 11 is 0. The molecule has 1 amide bonds. The van der Waals surface area contributed by atoms with Gasteiger partial charge in [-0.25, -0.2) is 4.72 Å². The normalized spacial score (nSPS) is 17.2. The fraction of sp³-hybridized carbons (Fsp3) is 0.520. The predicted molar refractivity (Wildman–Crippen MR) is 136 cm³/mol. The fourth-order valence-electron chi connectivity index (χ4n) is 4.37. The van der Waals surface area contributed by atoms with Crippen LogP contribution in [-0.4, -0.2) is 67.2 Å². The van der Waals surface area contributed by atoms with E-state index in [4.69, 9.17) is 9.84 Å². The third-order valence-electron chi connectivity index (χ3n) is 6.62. The van der Waals surface area contributed by atoms with Gasteiger partial charge in [0, 0.05) is 31.3 Å². The van der Waals surface area contributed by atoms with Gasteiger partial charge in [-0.1, -0.05) is 6.07 Å². The number of hydrogen-bond donors (Lipinski definition) is 4. The summed E-state index contributed by atoms with van der Waals surface area (Å²) in [6.07, 6.45) is 4.60. The van der Waals surface area contributed by atoms with Gasteiger partial charge in [-0.3, -0.25) is 4.79 Å². The Morgan fingerprint density at radius 3 is 2.56 bits per heavy atom. The monoisotopic (exact) mass is 519 g/mol. The van der Waals surface area contributed by atoms with Crippen LogP contribution in [0, 0.1) is 5.41 Å². The first kappa shape index (κ1) is 26.3. The van der Waals surface area contributed by atoms with Crippen LogP contribution in [0.15, 0.2) is 36.4 Å². The number of nitrogens with one attached hydrogen (secondary N) is 1. The smallest absolute Gasteiger partial charge is 0.300 e. The molecule has 0 bridgehead atoms. The van der Waals surface area contributed by atoms with Gasteiger partial charge in [0.25, 0.3) is 5.91 Å². The summed E-state index contributed by atoms with van der Waals surface area (Å²) in [7, 11) is -3.58. The van der Waals surface area contributed by atoms with E-state index in [1.807, 2.05) is 0 Å². The number of amides is 1. The summed E-state index contributed by atoms with van der Waals surface area (Å²) in [5.41, 5.74) is 0.975. The zero-order valence-corrected chi connectivity index (χ0v) is 21.6. The first-order valence-electron chi connectivity index (χ1n) is 12.2. The summed E-state index contributed by atoms with van der Waals surface area (Å²) in [6, 6.07) is 9.94. The number of carbonyl (C=O) groups is 1. The van der Waals surface area contributed by atoms with Crippen LogP contribution in [0.1, 0.15) is 49.9 Å². The van der Waals surface area contributed by atoms with E-state index < -0.39 is 22.2 Å². The lowest BCUT2D eigenvalue weighted by molar-refractivity contribution is -0.397. The number of nitrogens with zero attached hydrogens (tertiary/aromatic N) is 2. The van der Waals surface area contributed by atoms with Crippen LogP contribution < -0.4 is 19.7 Å². The number of piperidine rings is 1. The number of pyridine rings is 1. The number of quaternary nitrogens is 1. The minimum absolute atomic E-state index is 0.0507. The van der Waals surface area contributed by atoms with Crippen LogP contribution in [-0.2, 0) is 10.0 Å². The van der Waals surface area contributed by atoms with Crippen molar-refractivity contribution >= 4 is 33.1 Å². The average Bonchev–Trinajstić information content (AvgIpc) is 3.56. The van der Waals surface area contributed by atoms with Gasteiger partial charge in [0.2, 0.25) is 5.88 Å². The summed E-state index contributed by atoms with van der Waals surface area (Å²) in [5, 5.41) is 21.7. The molecule has 4 rings (SSSR count). The maximum atomic E-state index is 13.3. The molecular formula is C25H35N4O6S+. The third-order valence-corrected chi connectivity index (χ3v) is 8.00. The number of rotatable bonds is 10. The molecule has 1 aliphatic heterocycles. The molecule has 2 aromatic rings. The number of primary sulfonamides is 1. The van der Waals surface area contributed by atoms with E-state index >= 15 is 0 Å². The van der Waals surface area contributed by atoms with Crippen LogP contribution in [0.5, 0.6) is 5.88 Å². The van der Waals surface area contributed by atoms with Crippen molar-refractivity contribution in [1.82, 2.24) is 4.98 Å². The van der Waals surface area contributed by atoms with E-state index in [0.29, 0.717) is 28.2 Å². The highest BCUT2D eigenvalue weighted by Gasteiger charge is 2.44. The first-order valence-corrected chi connectivity index (χ1v) is 13.9. The van der Waals surface area contributed by atoms with Gasteiger partial charge < -0.3 is 25.2 Å². The number of sulfonamides is 1. The summed E-state index contributed by atoms with van der Waals surface area (Å²) in [6.45, 7) is 4.45. The number of benzene rings is 1. The number of ether oxygens (including phenoxy) is 1. The van der Waals surface area contributed by atoms with Gasteiger partial charge in [-0.15, -0.1) is 0 Å². The minimum Gasteiger partial charge on any atom is -0.475 e. The van der Waals surface area contributed by atoms with Crippen molar-refractivity contribution in [3.8, 4) is 5.88 Å². The molecule has 1 saturated carbocycles. The summed E-state index contributed by atoms with van der Waals surface area (Å²) in [5.74, 6) is -0.140. The minimum atomic E-state index is -3.58. The number of aliphatic hydroxyl groups is 2. The molecule has 2 fully saturated rings. The van der Waals surface area contributed by atoms with E-state index in [2.05, 4.69) is 15.2 Å². The van der Waals surface area contributed by atoms with Gasteiger partial charge >= 0.3 is 10.0 Å². The molecule has 5 N–H and O–H groups in total. The molecule has 196 valence electrons. The molecule has 2 heterocycles. The van der Waals surface area contributed by atoms with Crippen molar-refractivity contribution in [2.45, 2.75) is 45.1 Å². The first-order chi connectivity index (χ1) is 17.0. The number of nitrogens with two attached hydrogens (primary N) is 1.